The summed E-state index contributed by atoms with van der Waals surface area (Å²) in [5, 5.41) is 0. The predicted molar refractivity (Wildman–Crippen MR) is 165 cm³/mol. The molecule has 3 saturated carbocycles. The first kappa shape index (κ1) is 28.5. The van der Waals surface area contributed by atoms with E-state index in [0.717, 1.165) is 55.8 Å². The van der Waals surface area contributed by atoms with Crippen molar-refractivity contribution in [2.45, 2.75) is 129 Å². The Morgan fingerprint density at radius 2 is 0.634 bits per heavy atom. The number of halogens is 1. The van der Waals surface area contributed by atoms with E-state index in [4.69, 9.17) is 14.2 Å². The standard InChI is InChI=1S/C36H45FO3S/c37-41(34-22-16-31(17-23-34)38-28-10-4-1-5-11-28,35-24-18-32(19-25-35)39-29-12-6-2-7-13-29)36-26-20-33(21-27-36)40-30-14-8-3-9-15-30/h16-30H,1-15H2. The third-order valence-electron chi connectivity index (χ3n) is 9.01. The molecular weight excluding hydrogens is 531 g/mol. The molecule has 0 aromatic heterocycles. The highest BCUT2D eigenvalue weighted by Crippen LogP contribution is 2.70. The summed E-state index contributed by atoms with van der Waals surface area (Å²) in [6.45, 7) is 0. The maximum atomic E-state index is 17.7. The van der Waals surface area contributed by atoms with Crippen LogP contribution >= 0.6 is 10.4 Å². The monoisotopic (exact) mass is 576 g/mol. The fraction of sp³-hybridized carbons (Fsp3) is 0.500. The van der Waals surface area contributed by atoms with Gasteiger partial charge >= 0.3 is 0 Å². The summed E-state index contributed by atoms with van der Waals surface area (Å²) >= 11 is 0. The number of hydrogen-bond donors (Lipinski definition) is 0. The molecule has 0 aliphatic heterocycles. The number of rotatable bonds is 9. The van der Waals surface area contributed by atoms with E-state index in [2.05, 4.69) is 0 Å². The van der Waals surface area contributed by atoms with Crippen LogP contribution in [0.3, 0.4) is 0 Å². The molecule has 0 spiro atoms. The van der Waals surface area contributed by atoms with E-state index >= 15 is 3.89 Å². The van der Waals surface area contributed by atoms with E-state index in [1.54, 1.807) is 0 Å². The highest BCUT2D eigenvalue weighted by Gasteiger charge is 2.32. The quantitative estimate of drug-likeness (QED) is 0.254. The van der Waals surface area contributed by atoms with Gasteiger partial charge in [0.15, 0.2) is 0 Å². The minimum atomic E-state index is -2.99. The highest BCUT2D eigenvalue weighted by atomic mass is 32.3. The van der Waals surface area contributed by atoms with Crippen LogP contribution in [0.15, 0.2) is 87.5 Å². The first-order valence-corrected chi connectivity index (χ1v) is 17.5. The molecule has 3 nitrogen and oxygen atoms in total. The zero-order valence-electron chi connectivity index (χ0n) is 24.3. The molecule has 0 atom stereocenters. The lowest BCUT2D eigenvalue weighted by molar-refractivity contribution is 0.155. The minimum Gasteiger partial charge on any atom is -0.490 e. The molecule has 3 aliphatic carbocycles. The van der Waals surface area contributed by atoms with Gasteiger partial charge in [0, 0.05) is 14.7 Å². The molecular formula is C36H45FO3S. The largest absolute Gasteiger partial charge is 0.490 e. The van der Waals surface area contributed by atoms with Crippen molar-refractivity contribution in [1.82, 2.24) is 0 Å². The number of hydrogen-bond acceptors (Lipinski definition) is 3. The molecule has 3 fully saturated rings. The van der Waals surface area contributed by atoms with Gasteiger partial charge in [0.2, 0.25) is 0 Å². The second-order valence-electron chi connectivity index (χ2n) is 12.1. The van der Waals surface area contributed by atoms with Gasteiger partial charge in [0.25, 0.3) is 0 Å². The molecule has 0 saturated heterocycles. The lowest BCUT2D eigenvalue weighted by Crippen LogP contribution is -2.19. The maximum absolute atomic E-state index is 17.7. The van der Waals surface area contributed by atoms with Gasteiger partial charge in [-0.2, -0.15) is 3.89 Å². The summed E-state index contributed by atoms with van der Waals surface area (Å²) in [5.41, 5.74) is 0. The molecule has 0 N–H and O–H groups in total. The Balaban J connectivity index is 1.26. The average molecular weight is 577 g/mol. The van der Waals surface area contributed by atoms with Crippen LogP contribution in [0, 0.1) is 0 Å². The molecule has 0 unspecified atom stereocenters. The molecule has 0 amide bonds. The molecule has 3 aromatic rings. The van der Waals surface area contributed by atoms with Crippen molar-refractivity contribution in [2.75, 3.05) is 0 Å². The second-order valence-corrected chi connectivity index (χ2v) is 14.6. The summed E-state index contributed by atoms with van der Waals surface area (Å²) in [6.07, 6.45) is 18.6. The Bertz CT molecular complexity index is 1060. The smallest absolute Gasteiger partial charge is 0.119 e. The van der Waals surface area contributed by atoms with Crippen molar-refractivity contribution in [2.24, 2.45) is 0 Å². The molecule has 6 rings (SSSR count). The fourth-order valence-corrected chi connectivity index (χ4v) is 9.00. The van der Waals surface area contributed by atoms with Crippen LogP contribution in [0.5, 0.6) is 17.2 Å². The Kier molecular flexibility index (Phi) is 9.40. The Hall–Kier alpha value is -2.66. The lowest BCUT2D eigenvalue weighted by atomic mass is 9.98. The Morgan fingerprint density at radius 3 is 0.878 bits per heavy atom. The molecule has 0 heterocycles. The van der Waals surface area contributed by atoms with Crippen LogP contribution in [0.4, 0.5) is 3.89 Å². The van der Waals surface area contributed by atoms with Crippen LogP contribution < -0.4 is 14.2 Å². The lowest BCUT2D eigenvalue weighted by Gasteiger charge is -2.33. The second kappa shape index (κ2) is 13.5. The van der Waals surface area contributed by atoms with E-state index in [1.807, 2.05) is 72.8 Å². The van der Waals surface area contributed by atoms with Gasteiger partial charge < -0.3 is 14.2 Å². The first-order chi connectivity index (χ1) is 20.2. The third-order valence-corrected chi connectivity index (χ3v) is 11.8. The van der Waals surface area contributed by atoms with Gasteiger partial charge in [-0.3, -0.25) is 0 Å². The van der Waals surface area contributed by atoms with Gasteiger partial charge in [-0.25, -0.2) is 0 Å². The molecule has 3 aliphatic rings. The van der Waals surface area contributed by atoms with Crippen molar-refractivity contribution in [3.05, 3.63) is 72.8 Å². The molecule has 0 radical (unpaired) electrons. The van der Waals surface area contributed by atoms with Crippen LogP contribution in [0.2, 0.25) is 0 Å². The van der Waals surface area contributed by atoms with E-state index < -0.39 is 10.4 Å². The normalized spacial score (nSPS) is 19.9. The summed E-state index contributed by atoms with van der Waals surface area (Å²) in [5.74, 6) is 2.49. The third kappa shape index (κ3) is 7.05. The molecule has 41 heavy (non-hydrogen) atoms. The van der Waals surface area contributed by atoms with Gasteiger partial charge in [0.1, 0.15) is 17.2 Å². The van der Waals surface area contributed by atoms with E-state index in [-0.39, 0.29) is 18.3 Å². The fourth-order valence-electron chi connectivity index (χ4n) is 6.65. The maximum Gasteiger partial charge on any atom is 0.119 e. The minimum absolute atomic E-state index is 0.269. The SMILES string of the molecule is FS(c1ccc(OC2CCCCC2)cc1)(c1ccc(OC2CCCCC2)cc1)c1ccc(OC2CCCCC2)cc1. The number of ether oxygens (including phenoxy) is 3. The summed E-state index contributed by atoms with van der Waals surface area (Å²) < 4.78 is 36.5. The molecule has 5 heteroatoms. The average Bonchev–Trinajstić information content (AvgIpc) is 3.03. The Labute approximate surface area is 247 Å². The molecule has 3 aromatic carbocycles. The van der Waals surface area contributed by atoms with Crippen molar-refractivity contribution in [3.8, 4) is 17.2 Å². The van der Waals surface area contributed by atoms with Gasteiger partial charge in [-0.15, -0.1) is 0 Å². The van der Waals surface area contributed by atoms with Crippen LogP contribution in [-0.4, -0.2) is 18.3 Å². The van der Waals surface area contributed by atoms with Crippen LogP contribution in [0.25, 0.3) is 0 Å². The first-order valence-electron chi connectivity index (χ1n) is 16.0. The summed E-state index contributed by atoms with van der Waals surface area (Å²) in [7, 11) is -2.99. The molecule has 0 bridgehead atoms. The Morgan fingerprint density at radius 1 is 0.390 bits per heavy atom. The van der Waals surface area contributed by atoms with E-state index in [1.165, 1.54) is 57.8 Å². The van der Waals surface area contributed by atoms with Crippen LogP contribution in [-0.2, 0) is 0 Å². The van der Waals surface area contributed by atoms with Gasteiger partial charge in [-0.1, -0.05) is 19.3 Å². The van der Waals surface area contributed by atoms with Crippen molar-refractivity contribution in [1.29, 1.82) is 0 Å². The summed E-state index contributed by atoms with van der Waals surface area (Å²) in [4.78, 5) is 2.03. The topological polar surface area (TPSA) is 27.7 Å². The predicted octanol–water partition coefficient (Wildman–Crippen LogP) is 11.0. The van der Waals surface area contributed by atoms with Crippen molar-refractivity contribution in [3.63, 3.8) is 0 Å². The van der Waals surface area contributed by atoms with Gasteiger partial charge in [0.05, 0.1) is 18.3 Å². The zero-order valence-corrected chi connectivity index (χ0v) is 25.1. The zero-order chi connectivity index (χ0) is 27.9. The van der Waals surface area contributed by atoms with Gasteiger partial charge in [-0.05, 0) is 160 Å². The summed E-state index contributed by atoms with van der Waals surface area (Å²) in [6, 6.07) is 23.2. The number of benzene rings is 3. The van der Waals surface area contributed by atoms with Crippen molar-refractivity contribution < 1.29 is 18.1 Å². The van der Waals surface area contributed by atoms with Crippen LogP contribution in [0.1, 0.15) is 96.3 Å². The van der Waals surface area contributed by atoms with Crippen molar-refractivity contribution >= 4 is 10.4 Å². The van der Waals surface area contributed by atoms with E-state index in [9.17, 15) is 0 Å². The highest BCUT2D eigenvalue weighted by molar-refractivity contribution is 8.29. The molecule has 220 valence electrons. The van der Waals surface area contributed by atoms with E-state index in [0.29, 0.717) is 14.7 Å².